The van der Waals surface area contributed by atoms with Gasteiger partial charge in [-0.3, -0.25) is 0 Å². The van der Waals surface area contributed by atoms with Gasteiger partial charge in [-0.1, -0.05) is 6.92 Å². The lowest BCUT2D eigenvalue weighted by molar-refractivity contribution is -0.136. The van der Waals surface area contributed by atoms with Gasteiger partial charge in [0.25, 0.3) is 0 Å². The molecule has 0 heterocycles. The number of hydrogen-bond acceptors (Lipinski definition) is 1. The largest absolute Gasteiger partial charge is 0.390 e. The minimum atomic E-state index is -4.21. The van der Waals surface area contributed by atoms with Gasteiger partial charge >= 0.3 is 12.2 Å². The van der Waals surface area contributed by atoms with Gasteiger partial charge in [0, 0.05) is 19.1 Å². The highest BCUT2D eigenvalue weighted by Gasteiger charge is 2.35. The van der Waals surface area contributed by atoms with Gasteiger partial charge < -0.3 is 10.2 Å². The van der Waals surface area contributed by atoms with E-state index in [2.05, 4.69) is 5.32 Å². The third-order valence-corrected chi connectivity index (χ3v) is 2.75. The SMILES string of the molecule is CCN(CCC(F)(F)F)C(=O)NC1CC1C. The number of amides is 2. The average molecular weight is 238 g/mol. The second-order valence-corrected chi connectivity index (χ2v) is 4.21. The fraction of sp³-hybridized carbons (Fsp3) is 0.900. The van der Waals surface area contributed by atoms with Gasteiger partial charge in [0.05, 0.1) is 6.42 Å². The molecule has 0 spiro atoms. The Morgan fingerprint density at radius 2 is 2.06 bits per heavy atom. The van der Waals surface area contributed by atoms with E-state index >= 15 is 0 Å². The van der Waals surface area contributed by atoms with Crippen LogP contribution in [0.5, 0.6) is 0 Å². The zero-order chi connectivity index (χ0) is 12.3. The highest BCUT2D eigenvalue weighted by Crippen LogP contribution is 2.29. The van der Waals surface area contributed by atoms with E-state index in [0.717, 1.165) is 6.42 Å². The lowest BCUT2D eigenvalue weighted by Gasteiger charge is -2.22. The van der Waals surface area contributed by atoms with Crippen LogP contribution in [0.1, 0.15) is 26.7 Å². The molecule has 0 saturated heterocycles. The van der Waals surface area contributed by atoms with E-state index in [1.807, 2.05) is 6.92 Å². The van der Waals surface area contributed by atoms with Gasteiger partial charge in [-0.25, -0.2) is 4.79 Å². The molecule has 2 atom stereocenters. The van der Waals surface area contributed by atoms with E-state index in [0.29, 0.717) is 12.5 Å². The molecule has 0 aromatic rings. The number of halogens is 3. The van der Waals surface area contributed by atoms with E-state index in [-0.39, 0.29) is 18.6 Å². The third kappa shape index (κ3) is 4.28. The minimum Gasteiger partial charge on any atom is -0.335 e. The topological polar surface area (TPSA) is 32.3 Å². The Morgan fingerprint density at radius 3 is 2.44 bits per heavy atom. The van der Waals surface area contributed by atoms with Gasteiger partial charge in [-0.2, -0.15) is 13.2 Å². The fourth-order valence-corrected chi connectivity index (χ4v) is 1.44. The fourth-order valence-electron chi connectivity index (χ4n) is 1.44. The van der Waals surface area contributed by atoms with Crippen molar-refractivity contribution in [2.24, 2.45) is 5.92 Å². The van der Waals surface area contributed by atoms with Crippen molar-refractivity contribution in [3.63, 3.8) is 0 Å². The first-order chi connectivity index (χ1) is 7.33. The number of hydrogen-bond donors (Lipinski definition) is 1. The molecule has 0 aliphatic heterocycles. The van der Waals surface area contributed by atoms with E-state index < -0.39 is 12.6 Å². The van der Waals surface area contributed by atoms with E-state index in [4.69, 9.17) is 0 Å². The molecule has 6 heteroatoms. The first kappa shape index (κ1) is 13.1. The first-order valence-electron chi connectivity index (χ1n) is 5.45. The molecule has 2 unspecified atom stereocenters. The van der Waals surface area contributed by atoms with Crippen LogP contribution in [0.15, 0.2) is 0 Å². The van der Waals surface area contributed by atoms with Crippen molar-refractivity contribution in [3.05, 3.63) is 0 Å². The molecule has 3 nitrogen and oxygen atoms in total. The van der Waals surface area contributed by atoms with Crippen molar-refractivity contribution in [2.75, 3.05) is 13.1 Å². The summed E-state index contributed by atoms with van der Waals surface area (Å²) in [5.41, 5.74) is 0. The number of urea groups is 1. The Balaban J connectivity index is 2.32. The van der Waals surface area contributed by atoms with Crippen LogP contribution in [-0.4, -0.2) is 36.2 Å². The van der Waals surface area contributed by atoms with Gasteiger partial charge in [0.1, 0.15) is 0 Å². The van der Waals surface area contributed by atoms with E-state index in [9.17, 15) is 18.0 Å². The summed E-state index contributed by atoms with van der Waals surface area (Å²) in [7, 11) is 0. The Labute approximate surface area is 93.0 Å². The Kier molecular flexibility index (Phi) is 4.04. The number of carbonyl (C=O) groups is 1. The molecule has 0 aromatic carbocycles. The Morgan fingerprint density at radius 1 is 1.50 bits per heavy atom. The average Bonchev–Trinajstić information content (AvgIpc) is 2.80. The monoisotopic (exact) mass is 238 g/mol. The van der Waals surface area contributed by atoms with Gasteiger partial charge in [-0.05, 0) is 19.3 Å². The number of alkyl halides is 3. The molecule has 2 amide bonds. The van der Waals surface area contributed by atoms with Gasteiger partial charge in [0.15, 0.2) is 0 Å². The lowest BCUT2D eigenvalue weighted by Crippen LogP contribution is -2.42. The zero-order valence-electron chi connectivity index (χ0n) is 9.47. The summed E-state index contributed by atoms with van der Waals surface area (Å²) >= 11 is 0. The molecule has 94 valence electrons. The maximum absolute atomic E-state index is 12.0. The smallest absolute Gasteiger partial charge is 0.335 e. The molecule has 1 saturated carbocycles. The summed E-state index contributed by atoms with van der Waals surface area (Å²) in [6, 6.07) is -0.242. The van der Waals surface area contributed by atoms with E-state index in [1.54, 1.807) is 6.92 Å². The normalized spacial score (nSPS) is 24.1. The summed E-state index contributed by atoms with van der Waals surface area (Å²) in [5.74, 6) is 0.449. The predicted octanol–water partition coefficient (Wildman–Crippen LogP) is 2.38. The molecule has 1 N–H and O–H groups in total. The van der Waals surface area contributed by atoms with E-state index in [1.165, 1.54) is 4.90 Å². The van der Waals surface area contributed by atoms with Crippen LogP contribution in [0, 0.1) is 5.92 Å². The number of carbonyl (C=O) groups excluding carboxylic acids is 1. The van der Waals surface area contributed by atoms with Gasteiger partial charge in [0.2, 0.25) is 0 Å². The standard InChI is InChI=1S/C10H17F3N2O/c1-3-15(5-4-10(11,12)13)9(16)14-8-6-7(8)2/h7-8H,3-6H2,1-2H3,(H,14,16). The highest BCUT2D eigenvalue weighted by atomic mass is 19.4. The van der Waals surface area contributed by atoms with Crippen LogP contribution in [0.25, 0.3) is 0 Å². The number of rotatable bonds is 4. The Hall–Kier alpha value is -0.940. The summed E-state index contributed by atoms with van der Waals surface area (Å²) in [6.45, 7) is 3.69. The van der Waals surface area contributed by atoms with Crippen molar-refractivity contribution in [1.29, 1.82) is 0 Å². The van der Waals surface area contributed by atoms with Crippen molar-refractivity contribution in [1.82, 2.24) is 10.2 Å². The minimum absolute atomic E-state index is 0.146. The number of nitrogens with one attached hydrogen (secondary N) is 1. The summed E-state index contributed by atoms with van der Waals surface area (Å²) in [6.07, 6.45) is -4.24. The highest BCUT2D eigenvalue weighted by molar-refractivity contribution is 5.74. The molecule has 16 heavy (non-hydrogen) atoms. The maximum Gasteiger partial charge on any atom is 0.390 e. The molecule has 1 aliphatic carbocycles. The first-order valence-corrected chi connectivity index (χ1v) is 5.45. The zero-order valence-corrected chi connectivity index (χ0v) is 9.47. The van der Waals surface area contributed by atoms with Crippen molar-refractivity contribution in [2.45, 2.75) is 38.9 Å². The quantitative estimate of drug-likeness (QED) is 0.801. The lowest BCUT2D eigenvalue weighted by atomic mass is 10.4. The number of nitrogens with zero attached hydrogens (tertiary/aromatic N) is 1. The predicted molar refractivity (Wildman–Crippen MR) is 54.0 cm³/mol. The van der Waals surface area contributed by atoms with Crippen LogP contribution in [0.4, 0.5) is 18.0 Å². The van der Waals surface area contributed by atoms with Crippen LogP contribution in [0.2, 0.25) is 0 Å². The van der Waals surface area contributed by atoms with Crippen molar-refractivity contribution in [3.8, 4) is 0 Å². The molecule has 1 aliphatic rings. The Bertz CT molecular complexity index is 255. The van der Waals surface area contributed by atoms with Crippen LogP contribution in [0.3, 0.4) is 0 Å². The third-order valence-electron chi connectivity index (χ3n) is 2.75. The van der Waals surface area contributed by atoms with Crippen molar-refractivity contribution >= 4 is 6.03 Å². The van der Waals surface area contributed by atoms with Crippen LogP contribution in [-0.2, 0) is 0 Å². The maximum atomic E-state index is 12.0. The summed E-state index contributed by atoms with van der Waals surface area (Å²) < 4.78 is 36.0. The molecule has 1 fully saturated rings. The van der Waals surface area contributed by atoms with Crippen LogP contribution >= 0.6 is 0 Å². The van der Waals surface area contributed by atoms with Gasteiger partial charge in [-0.15, -0.1) is 0 Å². The summed E-state index contributed by atoms with van der Waals surface area (Å²) in [4.78, 5) is 12.7. The molecule has 0 aromatic heterocycles. The molecular weight excluding hydrogens is 221 g/mol. The van der Waals surface area contributed by atoms with Crippen molar-refractivity contribution < 1.29 is 18.0 Å². The molecule has 1 rings (SSSR count). The summed E-state index contributed by atoms with van der Waals surface area (Å²) in [5, 5.41) is 2.71. The molecule has 0 radical (unpaired) electrons. The molecular formula is C10H17F3N2O. The van der Waals surface area contributed by atoms with Crippen LogP contribution < -0.4 is 5.32 Å². The molecule has 0 bridgehead atoms. The second kappa shape index (κ2) is 4.93. The second-order valence-electron chi connectivity index (χ2n) is 4.21.